The lowest BCUT2D eigenvalue weighted by Crippen LogP contribution is -2.34. The molecule has 1 aromatic rings. The maximum Gasteiger partial charge on any atom is 0.226 e. The highest BCUT2D eigenvalue weighted by atomic mass is 79.9. The zero-order chi connectivity index (χ0) is 13.1. The van der Waals surface area contributed by atoms with Crippen molar-refractivity contribution in [2.75, 3.05) is 13.2 Å². The summed E-state index contributed by atoms with van der Waals surface area (Å²) in [5.41, 5.74) is 1.08. The van der Waals surface area contributed by atoms with Crippen LogP contribution in [0, 0.1) is 11.8 Å². The third-order valence-electron chi connectivity index (χ3n) is 3.37. The van der Waals surface area contributed by atoms with Crippen molar-refractivity contribution in [3.05, 3.63) is 34.3 Å². The first-order valence-electron chi connectivity index (χ1n) is 6.26. The summed E-state index contributed by atoms with van der Waals surface area (Å²) in [6.45, 7) is 3.09. The standard InChI is InChI=1S/C14H18BrNO2/c1-10-7-13(10)14(18)16(5-6-17)9-11-3-2-4-12(15)8-11/h2-4,8,10,13,17H,5-7,9H2,1H3/t10-,13+/m1/s1. The Kier molecular flexibility index (Phi) is 4.40. The SMILES string of the molecule is C[C@@H]1C[C@@H]1C(=O)N(CCO)Cc1cccc(Br)c1. The summed E-state index contributed by atoms with van der Waals surface area (Å²) in [4.78, 5) is 14.0. The van der Waals surface area contributed by atoms with Gasteiger partial charge < -0.3 is 10.0 Å². The van der Waals surface area contributed by atoms with Crippen LogP contribution in [0.2, 0.25) is 0 Å². The minimum Gasteiger partial charge on any atom is -0.395 e. The van der Waals surface area contributed by atoms with Crippen molar-refractivity contribution in [3.8, 4) is 0 Å². The number of hydrogen-bond donors (Lipinski definition) is 1. The first-order valence-corrected chi connectivity index (χ1v) is 7.05. The van der Waals surface area contributed by atoms with E-state index >= 15 is 0 Å². The molecule has 1 aliphatic rings. The molecule has 1 N–H and O–H groups in total. The van der Waals surface area contributed by atoms with E-state index in [1.165, 1.54) is 0 Å². The molecule has 98 valence electrons. The Balaban J connectivity index is 2.04. The molecule has 0 bridgehead atoms. The van der Waals surface area contributed by atoms with Crippen LogP contribution in [0.1, 0.15) is 18.9 Å². The summed E-state index contributed by atoms with van der Waals surface area (Å²) in [5.74, 6) is 0.849. The van der Waals surface area contributed by atoms with Gasteiger partial charge in [-0.15, -0.1) is 0 Å². The Hall–Kier alpha value is -0.870. The number of benzene rings is 1. The molecule has 1 fully saturated rings. The van der Waals surface area contributed by atoms with E-state index in [0.29, 0.717) is 19.0 Å². The van der Waals surface area contributed by atoms with E-state index in [0.717, 1.165) is 16.5 Å². The summed E-state index contributed by atoms with van der Waals surface area (Å²) in [7, 11) is 0. The molecule has 1 aliphatic carbocycles. The van der Waals surface area contributed by atoms with Crippen LogP contribution in [0.3, 0.4) is 0 Å². The molecule has 0 radical (unpaired) electrons. The quantitative estimate of drug-likeness (QED) is 0.907. The largest absolute Gasteiger partial charge is 0.395 e. The first kappa shape index (κ1) is 13.6. The second-order valence-corrected chi connectivity index (χ2v) is 5.85. The topological polar surface area (TPSA) is 40.5 Å². The van der Waals surface area contributed by atoms with E-state index in [9.17, 15) is 4.79 Å². The van der Waals surface area contributed by atoms with Gasteiger partial charge in [0.2, 0.25) is 5.91 Å². The van der Waals surface area contributed by atoms with Gasteiger partial charge in [0.05, 0.1) is 6.61 Å². The number of nitrogens with zero attached hydrogens (tertiary/aromatic N) is 1. The average Bonchev–Trinajstić information content (AvgIpc) is 3.05. The van der Waals surface area contributed by atoms with E-state index in [1.807, 2.05) is 24.3 Å². The van der Waals surface area contributed by atoms with Crippen LogP contribution in [0.5, 0.6) is 0 Å². The predicted octanol–water partition coefficient (Wildman–Crippen LogP) is 2.43. The average molecular weight is 312 g/mol. The Morgan fingerprint density at radius 3 is 2.83 bits per heavy atom. The highest BCUT2D eigenvalue weighted by Gasteiger charge is 2.41. The molecule has 4 heteroatoms. The van der Waals surface area contributed by atoms with Gasteiger partial charge in [0.25, 0.3) is 0 Å². The van der Waals surface area contributed by atoms with Crippen LogP contribution in [-0.4, -0.2) is 29.1 Å². The van der Waals surface area contributed by atoms with Crippen molar-refractivity contribution < 1.29 is 9.90 Å². The fourth-order valence-corrected chi connectivity index (χ4v) is 2.59. The van der Waals surface area contributed by atoms with Crippen LogP contribution in [0.15, 0.2) is 28.7 Å². The minimum atomic E-state index is 0.0147. The third kappa shape index (κ3) is 3.33. The van der Waals surface area contributed by atoms with Crippen LogP contribution < -0.4 is 0 Å². The zero-order valence-electron chi connectivity index (χ0n) is 10.5. The van der Waals surface area contributed by atoms with E-state index in [1.54, 1.807) is 4.90 Å². The molecule has 0 spiro atoms. The van der Waals surface area contributed by atoms with Gasteiger partial charge in [-0.1, -0.05) is 35.0 Å². The Labute approximate surface area is 116 Å². The van der Waals surface area contributed by atoms with Crippen LogP contribution in [-0.2, 0) is 11.3 Å². The van der Waals surface area contributed by atoms with Gasteiger partial charge in [-0.25, -0.2) is 0 Å². The van der Waals surface area contributed by atoms with Crippen LogP contribution in [0.25, 0.3) is 0 Å². The number of halogens is 1. The molecule has 2 atom stereocenters. The molecule has 0 aromatic heterocycles. The molecule has 18 heavy (non-hydrogen) atoms. The highest BCUT2D eigenvalue weighted by Crippen LogP contribution is 2.39. The zero-order valence-corrected chi connectivity index (χ0v) is 12.1. The lowest BCUT2D eigenvalue weighted by molar-refractivity contribution is -0.134. The second kappa shape index (κ2) is 5.85. The predicted molar refractivity (Wildman–Crippen MR) is 73.9 cm³/mol. The summed E-state index contributed by atoms with van der Waals surface area (Å²) in [5, 5.41) is 9.08. The van der Waals surface area contributed by atoms with E-state index in [4.69, 9.17) is 5.11 Å². The molecular formula is C14H18BrNO2. The minimum absolute atomic E-state index is 0.0147. The van der Waals surface area contributed by atoms with Gasteiger partial charge >= 0.3 is 0 Å². The van der Waals surface area contributed by atoms with Gasteiger partial charge in [0.15, 0.2) is 0 Å². The normalized spacial score (nSPS) is 21.7. The van der Waals surface area contributed by atoms with Crippen molar-refractivity contribution in [3.63, 3.8) is 0 Å². The van der Waals surface area contributed by atoms with Gasteiger partial charge in [-0.05, 0) is 30.0 Å². The van der Waals surface area contributed by atoms with Gasteiger partial charge in [0.1, 0.15) is 0 Å². The first-order chi connectivity index (χ1) is 8.61. The van der Waals surface area contributed by atoms with Gasteiger partial charge in [-0.3, -0.25) is 4.79 Å². The highest BCUT2D eigenvalue weighted by molar-refractivity contribution is 9.10. The van der Waals surface area contributed by atoms with Crippen molar-refractivity contribution in [2.45, 2.75) is 19.9 Å². The number of aliphatic hydroxyl groups excluding tert-OH is 1. The lowest BCUT2D eigenvalue weighted by atomic mass is 10.2. The number of hydrogen-bond acceptors (Lipinski definition) is 2. The molecule has 0 heterocycles. The third-order valence-corrected chi connectivity index (χ3v) is 3.86. The molecule has 0 aliphatic heterocycles. The Morgan fingerprint density at radius 2 is 2.28 bits per heavy atom. The van der Waals surface area contributed by atoms with Crippen LogP contribution in [0.4, 0.5) is 0 Å². The summed E-state index contributed by atoms with van der Waals surface area (Å²) in [6.07, 6.45) is 0.985. The van der Waals surface area contributed by atoms with Gasteiger partial charge in [-0.2, -0.15) is 0 Å². The summed E-state index contributed by atoms with van der Waals surface area (Å²) >= 11 is 3.43. The van der Waals surface area contributed by atoms with E-state index < -0.39 is 0 Å². The lowest BCUT2D eigenvalue weighted by Gasteiger charge is -2.22. The number of rotatable bonds is 5. The fourth-order valence-electron chi connectivity index (χ4n) is 2.14. The van der Waals surface area contributed by atoms with Crippen molar-refractivity contribution in [1.82, 2.24) is 4.90 Å². The fraction of sp³-hybridized carbons (Fsp3) is 0.500. The number of amides is 1. The molecule has 1 aromatic carbocycles. The molecular weight excluding hydrogens is 294 g/mol. The van der Waals surface area contributed by atoms with Crippen molar-refractivity contribution in [2.24, 2.45) is 11.8 Å². The van der Waals surface area contributed by atoms with E-state index in [-0.39, 0.29) is 18.4 Å². The molecule has 0 saturated heterocycles. The van der Waals surface area contributed by atoms with Crippen molar-refractivity contribution in [1.29, 1.82) is 0 Å². The summed E-state index contributed by atoms with van der Waals surface area (Å²) in [6, 6.07) is 7.93. The van der Waals surface area contributed by atoms with Gasteiger partial charge in [0, 0.05) is 23.5 Å². The Morgan fingerprint density at radius 1 is 1.56 bits per heavy atom. The van der Waals surface area contributed by atoms with Crippen molar-refractivity contribution >= 4 is 21.8 Å². The Bertz CT molecular complexity index is 436. The molecule has 0 unspecified atom stereocenters. The number of aliphatic hydroxyl groups is 1. The number of carbonyl (C=O) groups is 1. The molecule has 2 rings (SSSR count). The monoisotopic (exact) mass is 311 g/mol. The summed E-state index contributed by atoms with van der Waals surface area (Å²) < 4.78 is 1.01. The van der Waals surface area contributed by atoms with E-state index in [2.05, 4.69) is 22.9 Å². The molecule has 1 saturated carbocycles. The molecule has 1 amide bonds. The maximum atomic E-state index is 12.2. The van der Waals surface area contributed by atoms with Crippen LogP contribution >= 0.6 is 15.9 Å². The number of carbonyl (C=O) groups excluding carboxylic acids is 1. The second-order valence-electron chi connectivity index (χ2n) is 4.93. The smallest absolute Gasteiger partial charge is 0.226 e. The molecule has 3 nitrogen and oxygen atoms in total. The maximum absolute atomic E-state index is 12.2.